The van der Waals surface area contributed by atoms with E-state index >= 15 is 0 Å². The smallest absolute Gasteiger partial charge is 0.335 e. The van der Waals surface area contributed by atoms with Gasteiger partial charge >= 0.3 is 5.97 Å². The monoisotopic (exact) mass is 479 g/mol. The van der Waals surface area contributed by atoms with Gasteiger partial charge in [-0.2, -0.15) is 0 Å². The summed E-state index contributed by atoms with van der Waals surface area (Å²) >= 11 is 6.44. The molecule has 0 aliphatic heterocycles. The first kappa shape index (κ1) is 25.5. The van der Waals surface area contributed by atoms with Gasteiger partial charge in [-0.05, 0) is 48.4 Å². The Kier molecular flexibility index (Phi) is 9.78. The largest absolute Gasteiger partial charge is 0.490 e. The van der Waals surface area contributed by atoms with Gasteiger partial charge in [0.1, 0.15) is 12.4 Å². The highest BCUT2D eigenvalue weighted by Crippen LogP contribution is 2.37. The van der Waals surface area contributed by atoms with Gasteiger partial charge in [-0.1, -0.05) is 41.9 Å². The Balaban J connectivity index is 0.00000363. The number of hydrogen-bond acceptors (Lipinski definition) is 4. The summed E-state index contributed by atoms with van der Waals surface area (Å²) in [6.45, 7) is 3.41. The lowest BCUT2D eigenvalue weighted by molar-refractivity contribution is 0.0697. The average Bonchev–Trinajstić information content (AvgIpc) is 2.75. The lowest BCUT2D eigenvalue weighted by Crippen LogP contribution is -2.13. The van der Waals surface area contributed by atoms with Crippen LogP contribution in [0.1, 0.15) is 34.0 Å². The summed E-state index contributed by atoms with van der Waals surface area (Å²) in [5, 5.41) is 12.6. The van der Waals surface area contributed by atoms with Crippen LogP contribution in [0, 0.1) is 5.82 Å². The molecule has 0 bridgehead atoms. The quantitative estimate of drug-likeness (QED) is 0.380. The fourth-order valence-corrected chi connectivity index (χ4v) is 3.30. The maximum Gasteiger partial charge on any atom is 0.335 e. The molecule has 0 saturated heterocycles. The number of rotatable bonds is 10. The van der Waals surface area contributed by atoms with Gasteiger partial charge < -0.3 is 19.9 Å². The molecule has 0 fully saturated rings. The summed E-state index contributed by atoms with van der Waals surface area (Å²) in [6, 6.07) is 16.7. The van der Waals surface area contributed by atoms with Crippen LogP contribution in [-0.4, -0.2) is 17.7 Å². The third kappa shape index (κ3) is 6.85. The molecule has 0 aliphatic rings. The first-order valence-corrected chi connectivity index (χ1v) is 10.2. The van der Waals surface area contributed by atoms with Crippen molar-refractivity contribution in [3.05, 3.63) is 93.8 Å². The van der Waals surface area contributed by atoms with Gasteiger partial charge in [0.05, 0.1) is 17.2 Å². The van der Waals surface area contributed by atoms with Crippen molar-refractivity contribution in [2.45, 2.75) is 26.6 Å². The third-order valence-electron chi connectivity index (χ3n) is 4.56. The van der Waals surface area contributed by atoms with Crippen LogP contribution in [0.4, 0.5) is 4.39 Å². The van der Waals surface area contributed by atoms with Crippen molar-refractivity contribution in [2.24, 2.45) is 0 Å². The average molecular weight is 480 g/mol. The third-order valence-corrected chi connectivity index (χ3v) is 4.84. The molecule has 0 amide bonds. The zero-order valence-electron chi connectivity index (χ0n) is 17.4. The van der Waals surface area contributed by atoms with E-state index in [1.165, 1.54) is 6.07 Å². The van der Waals surface area contributed by atoms with Crippen molar-refractivity contribution in [3.8, 4) is 11.5 Å². The first-order valence-electron chi connectivity index (χ1n) is 9.82. The normalized spacial score (nSPS) is 10.3. The summed E-state index contributed by atoms with van der Waals surface area (Å²) in [7, 11) is 0. The molecule has 3 aromatic carbocycles. The van der Waals surface area contributed by atoms with Crippen molar-refractivity contribution in [3.63, 3.8) is 0 Å². The number of aromatic carboxylic acids is 1. The molecule has 0 saturated carbocycles. The van der Waals surface area contributed by atoms with Crippen LogP contribution in [0.5, 0.6) is 11.5 Å². The molecule has 3 aromatic rings. The Morgan fingerprint density at radius 3 is 2.38 bits per heavy atom. The summed E-state index contributed by atoms with van der Waals surface area (Å²) in [5.74, 6) is -0.419. The maximum atomic E-state index is 13.9. The SMILES string of the molecule is CCOc1cc(CNCc2ccc(C(=O)O)cc2)cc(Cl)c1OCc1ccccc1F.Cl. The molecule has 8 heteroatoms. The highest BCUT2D eigenvalue weighted by molar-refractivity contribution is 6.32. The topological polar surface area (TPSA) is 67.8 Å². The number of ether oxygens (including phenoxy) is 2. The Morgan fingerprint density at radius 1 is 1.03 bits per heavy atom. The molecule has 0 spiro atoms. The maximum absolute atomic E-state index is 13.9. The van der Waals surface area contributed by atoms with E-state index in [4.69, 9.17) is 26.2 Å². The van der Waals surface area contributed by atoms with E-state index in [0.29, 0.717) is 41.8 Å². The van der Waals surface area contributed by atoms with Crippen molar-refractivity contribution in [1.29, 1.82) is 0 Å². The number of hydrogen-bond donors (Lipinski definition) is 2. The van der Waals surface area contributed by atoms with E-state index in [2.05, 4.69) is 5.32 Å². The Morgan fingerprint density at radius 2 is 1.72 bits per heavy atom. The fourth-order valence-electron chi connectivity index (χ4n) is 3.01. The molecular weight excluding hydrogens is 456 g/mol. The van der Waals surface area contributed by atoms with Crippen LogP contribution in [0.25, 0.3) is 0 Å². The predicted molar refractivity (Wildman–Crippen MR) is 125 cm³/mol. The van der Waals surface area contributed by atoms with Crippen LogP contribution in [0.3, 0.4) is 0 Å². The number of nitrogens with one attached hydrogen (secondary N) is 1. The van der Waals surface area contributed by atoms with Gasteiger partial charge in [-0.25, -0.2) is 9.18 Å². The summed E-state index contributed by atoms with van der Waals surface area (Å²) in [5.41, 5.74) is 2.54. The Hall–Kier alpha value is -2.80. The van der Waals surface area contributed by atoms with Crippen LogP contribution in [-0.2, 0) is 19.7 Å². The number of carboxylic acid groups (broad SMARTS) is 1. The molecule has 32 heavy (non-hydrogen) atoms. The number of carbonyl (C=O) groups is 1. The molecule has 3 rings (SSSR count). The Bertz CT molecular complexity index is 1040. The lowest BCUT2D eigenvalue weighted by Gasteiger charge is -2.16. The zero-order valence-corrected chi connectivity index (χ0v) is 19.0. The van der Waals surface area contributed by atoms with Gasteiger partial charge in [0, 0.05) is 18.7 Å². The number of benzene rings is 3. The molecule has 0 aromatic heterocycles. The molecule has 0 unspecified atom stereocenters. The van der Waals surface area contributed by atoms with E-state index in [0.717, 1.165) is 11.1 Å². The van der Waals surface area contributed by atoms with Crippen molar-refractivity contribution < 1.29 is 23.8 Å². The zero-order chi connectivity index (χ0) is 22.2. The lowest BCUT2D eigenvalue weighted by atomic mass is 10.1. The van der Waals surface area contributed by atoms with Gasteiger partial charge in [0.15, 0.2) is 11.5 Å². The van der Waals surface area contributed by atoms with Crippen LogP contribution < -0.4 is 14.8 Å². The molecule has 0 heterocycles. The molecule has 0 atom stereocenters. The van der Waals surface area contributed by atoms with Gasteiger partial charge in [-0.3, -0.25) is 0 Å². The summed E-state index contributed by atoms with van der Waals surface area (Å²) in [4.78, 5) is 10.9. The molecule has 2 N–H and O–H groups in total. The van der Waals surface area contributed by atoms with Crippen LogP contribution in [0.2, 0.25) is 5.02 Å². The first-order chi connectivity index (χ1) is 15.0. The second-order valence-electron chi connectivity index (χ2n) is 6.82. The molecule has 0 radical (unpaired) electrons. The molecule has 0 aliphatic carbocycles. The van der Waals surface area contributed by atoms with Crippen LogP contribution in [0.15, 0.2) is 60.7 Å². The minimum absolute atomic E-state index is 0. The molecule has 170 valence electrons. The predicted octanol–water partition coefficient (Wildman–Crippen LogP) is 5.87. The molecular formula is C24H24Cl2FNO4. The minimum Gasteiger partial charge on any atom is -0.490 e. The van der Waals surface area contributed by atoms with Gasteiger partial charge in [0.25, 0.3) is 0 Å². The fraction of sp³-hybridized carbons (Fsp3) is 0.208. The second kappa shape index (κ2) is 12.3. The van der Waals surface area contributed by atoms with E-state index < -0.39 is 5.97 Å². The van der Waals surface area contributed by atoms with E-state index in [1.54, 1.807) is 48.5 Å². The standard InChI is InChI=1S/C24H23ClFNO4.ClH/c1-2-30-22-12-17(14-27-13-16-7-9-18(10-8-16)24(28)29)11-20(25)23(22)31-15-19-5-3-4-6-21(19)26;/h3-12,27H,2,13-15H2,1H3,(H,28,29);1H. The van der Waals surface area contributed by atoms with Gasteiger partial charge in [-0.15, -0.1) is 12.4 Å². The second-order valence-corrected chi connectivity index (χ2v) is 7.23. The van der Waals surface area contributed by atoms with Crippen LogP contribution >= 0.6 is 24.0 Å². The van der Waals surface area contributed by atoms with Gasteiger partial charge in [0.2, 0.25) is 0 Å². The Labute approximate surface area is 197 Å². The number of halogens is 3. The van der Waals surface area contributed by atoms with Crippen molar-refractivity contribution >= 4 is 30.0 Å². The number of carboxylic acids is 1. The van der Waals surface area contributed by atoms with Crippen molar-refractivity contribution in [1.82, 2.24) is 5.32 Å². The summed E-state index contributed by atoms with van der Waals surface area (Å²) < 4.78 is 25.3. The van der Waals surface area contributed by atoms with E-state index in [1.807, 2.05) is 13.0 Å². The van der Waals surface area contributed by atoms with E-state index in [9.17, 15) is 9.18 Å². The minimum atomic E-state index is -0.949. The molecule has 5 nitrogen and oxygen atoms in total. The highest BCUT2D eigenvalue weighted by Gasteiger charge is 2.14. The summed E-state index contributed by atoms with van der Waals surface area (Å²) in [6.07, 6.45) is 0. The highest BCUT2D eigenvalue weighted by atomic mass is 35.5. The van der Waals surface area contributed by atoms with E-state index in [-0.39, 0.29) is 30.4 Å². The van der Waals surface area contributed by atoms with Crippen molar-refractivity contribution in [2.75, 3.05) is 6.61 Å².